The number of imidazole rings is 1. The normalized spacial score (nSPS) is 11.8. The third-order valence-electron chi connectivity index (χ3n) is 6.36. The number of H-pyrrole nitrogens is 1. The van der Waals surface area contributed by atoms with E-state index in [1.54, 1.807) is 48.1 Å². The molecule has 0 atom stereocenters. The van der Waals surface area contributed by atoms with E-state index in [9.17, 15) is 4.79 Å². The molecule has 6 aromatic heterocycles. The van der Waals surface area contributed by atoms with Crippen molar-refractivity contribution in [2.75, 3.05) is 5.32 Å². The maximum atomic E-state index is 12.5. The molecule has 194 valence electrons. The number of nitrogens with zero attached hydrogens (tertiary/aromatic N) is 7. The Morgan fingerprint density at radius 3 is 2.56 bits per heavy atom. The third kappa shape index (κ3) is 4.84. The molecule has 0 unspecified atom stereocenters. The van der Waals surface area contributed by atoms with E-state index in [1.165, 1.54) is 0 Å². The van der Waals surface area contributed by atoms with Crippen molar-refractivity contribution in [2.24, 2.45) is 12.5 Å². The average Bonchev–Trinajstić information content (AvgIpc) is 3.49. The number of hydrogen-bond donors (Lipinski definition) is 2. The molecule has 0 bridgehead atoms. The Morgan fingerprint density at radius 2 is 1.77 bits per heavy atom. The van der Waals surface area contributed by atoms with Gasteiger partial charge in [0.2, 0.25) is 5.91 Å². The second-order valence-electron chi connectivity index (χ2n) is 10.7. The molecule has 0 aliphatic rings. The number of carbonyl (C=O) groups is 1. The van der Waals surface area contributed by atoms with Crippen LogP contribution in [0.2, 0.25) is 0 Å². The molecule has 0 radical (unpaired) electrons. The van der Waals surface area contributed by atoms with Crippen LogP contribution in [0.25, 0.3) is 55.8 Å². The summed E-state index contributed by atoms with van der Waals surface area (Å²) in [5, 5.41) is 8.60. The van der Waals surface area contributed by atoms with Crippen molar-refractivity contribution in [1.29, 1.82) is 0 Å². The molecule has 0 spiro atoms. The van der Waals surface area contributed by atoms with E-state index in [0.717, 1.165) is 38.6 Å². The minimum Gasteiger partial charge on any atom is -0.335 e. The number of amides is 1. The third-order valence-corrected chi connectivity index (χ3v) is 6.36. The van der Waals surface area contributed by atoms with Crippen molar-refractivity contribution in [1.82, 2.24) is 39.7 Å². The molecule has 10 heteroatoms. The van der Waals surface area contributed by atoms with Crippen molar-refractivity contribution in [3.8, 4) is 33.9 Å². The number of anilines is 1. The molecule has 6 aromatic rings. The molecule has 6 heterocycles. The second-order valence-corrected chi connectivity index (χ2v) is 10.7. The first-order valence-corrected chi connectivity index (χ1v) is 12.6. The molecule has 0 aromatic carbocycles. The van der Waals surface area contributed by atoms with Crippen LogP contribution in [0.4, 0.5) is 5.69 Å². The molecule has 10 nitrogen and oxygen atoms in total. The molecule has 0 saturated carbocycles. The highest BCUT2D eigenvalue weighted by Gasteiger charge is 2.19. The lowest BCUT2D eigenvalue weighted by Gasteiger charge is -2.17. The van der Waals surface area contributed by atoms with Gasteiger partial charge in [-0.05, 0) is 35.2 Å². The zero-order chi connectivity index (χ0) is 27.1. The average molecular weight is 518 g/mol. The van der Waals surface area contributed by atoms with Gasteiger partial charge in [-0.25, -0.2) is 4.98 Å². The summed E-state index contributed by atoms with van der Waals surface area (Å²) in [5.41, 5.74) is 7.11. The molecular formula is C29H27N9O. The Labute approximate surface area is 224 Å². The minimum atomic E-state index is -0.107. The van der Waals surface area contributed by atoms with Gasteiger partial charge in [-0.3, -0.25) is 29.4 Å². The number of pyridine rings is 4. The predicted molar refractivity (Wildman–Crippen MR) is 151 cm³/mol. The van der Waals surface area contributed by atoms with Crippen LogP contribution in [0.3, 0.4) is 0 Å². The SMILES string of the molecule is Cn1nc(-c2nc3c(-c4ccncc4)cncc3[nH]2)c2cc(-c3cncc(NC(=O)CC(C)(C)C)c3)ncc21. The Hall–Kier alpha value is -4.99. The summed E-state index contributed by atoms with van der Waals surface area (Å²) in [5.74, 6) is 0.585. The van der Waals surface area contributed by atoms with Gasteiger partial charge in [0.1, 0.15) is 5.69 Å². The molecule has 0 aliphatic carbocycles. The molecular weight excluding hydrogens is 490 g/mol. The van der Waals surface area contributed by atoms with Gasteiger partial charge < -0.3 is 10.3 Å². The fourth-order valence-electron chi connectivity index (χ4n) is 4.61. The highest BCUT2D eigenvalue weighted by molar-refractivity contribution is 5.98. The van der Waals surface area contributed by atoms with Crippen molar-refractivity contribution < 1.29 is 4.79 Å². The predicted octanol–water partition coefficient (Wildman–Crippen LogP) is 5.41. The van der Waals surface area contributed by atoms with Crippen LogP contribution in [-0.4, -0.2) is 45.6 Å². The van der Waals surface area contributed by atoms with Crippen LogP contribution in [0.15, 0.2) is 67.6 Å². The standard InChI is InChI=1S/C29H27N9O/c1-29(2,3)11-25(39)34-19-9-18(12-31-13-19)22-10-20-24(16-33-22)38(4)37-27(20)28-35-23-15-32-14-21(26(23)36-28)17-5-7-30-8-6-17/h5-10,12-16H,11H2,1-4H3,(H,34,39)(H,35,36). The first-order chi connectivity index (χ1) is 18.7. The highest BCUT2D eigenvalue weighted by Crippen LogP contribution is 2.33. The summed E-state index contributed by atoms with van der Waals surface area (Å²) < 4.78 is 1.79. The molecule has 2 N–H and O–H groups in total. The van der Waals surface area contributed by atoms with Gasteiger partial charge in [0.25, 0.3) is 0 Å². The van der Waals surface area contributed by atoms with Crippen LogP contribution < -0.4 is 5.32 Å². The fourth-order valence-corrected chi connectivity index (χ4v) is 4.61. The smallest absolute Gasteiger partial charge is 0.224 e. The number of hydrogen-bond acceptors (Lipinski definition) is 7. The van der Waals surface area contributed by atoms with Crippen molar-refractivity contribution in [3.05, 3.63) is 67.6 Å². The Kier molecular flexibility index (Phi) is 5.86. The highest BCUT2D eigenvalue weighted by atomic mass is 16.1. The van der Waals surface area contributed by atoms with Crippen LogP contribution in [0, 0.1) is 5.41 Å². The lowest BCUT2D eigenvalue weighted by Crippen LogP contribution is -2.19. The zero-order valence-corrected chi connectivity index (χ0v) is 22.1. The molecule has 1 amide bonds. The minimum absolute atomic E-state index is 0.0510. The van der Waals surface area contributed by atoms with Crippen molar-refractivity contribution >= 4 is 33.5 Å². The largest absolute Gasteiger partial charge is 0.335 e. The monoisotopic (exact) mass is 517 g/mol. The second kappa shape index (κ2) is 9.39. The summed E-state index contributed by atoms with van der Waals surface area (Å²) >= 11 is 0. The molecule has 6 rings (SSSR count). The molecule has 0 fully saturated rings. The van der Waals surface area contributed by atoms with E-state index in [0.29, 0.717) is 29.3 Å². The summed E-state index contributed by atoms with van der Waals surface area (Å²) in [6.07, 6.45) is 12.7. The van der Waals surface area contributed by atoms with E-state index in [2.05, 4.69) is 30.2 Å². The van der Waals surface area contributed by atoms with Crippen molar-refractivity contribution in [3.63, 3.8) is 0 Å². The van der Waals surface area contributed by atoms with Gasteiger partial charge in [-0.2, -0.15) is 5.10 Å². The van der Waals surface area contributed by atoms with E-state index in [-0.39, 0.29) is 11.3 Å². The summed E-state index contributed by atoms with van der Waals surface area (Å²) in [7, 11) is 1.88. The van der Waals surface area contributed by atoms with Gasteiger partial charge in [0, 0.05) is 54.8 Å². The molecule has 39 heavy (non-hydrogen) atoms. The maximum Gasteiger partial charge on any atom is 0.224 e. The Bertz CT molecular complexity index is 1830. The molecule has 0 saturated heterocycles. The number of rotatable bonds is 5. The Balaban J connectivity index is 1.39. The zero-order valence-electron chi connectivity index (χ0n) is 22.1. The van der Waals surface area contributed by atoms with Crippen LogP contribution in [0.1, 0.15) is 27.2 Å². The van der Waals surface area contributed by atoms with Crippen molar-refractivity contribution in [2.45, 2.75) is 27.2 Å². The number of aryl methyl sites for hydroxylation is 1. The summed E-state index contributed by atoms with van der Waals surface area (Å²) in [4.78, 5) is 38.3. The number of carbonyl (C=O) groups excluding carboxylic acids is 1. The number of aromatic nitrogens is 8. The van der Waals surface area contributed by atoms with Gasteiger partial charge >= 0.3 is 0 Å². The summed E-state index contributed by atoms with van der Waals surface area (Å²) in [6, 6.07) is 7.73. The first kappa shape index (κ1) is 24.4. The molecule has 0 aliphatic heterocycles. The Morgan fingerprint density at radius 1 is 0.974 bits per heavy atom. The number of fused-ring (bicyclic) bond motifs is 2. The number of aromatic amines is 1. The van der Waals surface area contributed by atoms with Crippen LogP contribution >= 0.6 is 0 Å². The lowest BCUT2D eigenvalue weighted by molar-refractivity contribution is -0.117. The van der Waals surface area contributed by atoms with Gasteiger partial charge in [0.05, 0.1) is 46.5 Å². The van der Waals surface area contributed by atoms with E-state index < -0.39 is 0 Å². The van der Waals surface area contributed by atoms with Gasteiger partial charge in [0.15, 0.2) is 5.82 Å². The quantitative estimate of drug-likeness (QED) is 0.313. The maximum absolute atomic E-state index is 12.5. The van der Waals surface area contributed by atoms with E-state index in [4.69, 9.17) is 10.1 Å². The van der Waals surface area contributed by atoms with Crippen LogP contribution in [-0.2, 0) is 11.8 Å². The topological polar surface area (TPSA) is 127 Å². The van der Waals surface area contributed by atoms with Gasteiger partial charge in [-0.15, -0.1) is 0 Å². The van der Waals surface area contributed by atoms with Crippen LogP contribution in [0.5, 0.6) is 0 Å². The first-order valence-electron chi connectivity index (χ1n) is 12.6. The number of nitrogens with one attached hydrogen (secondary N) is 2. The van der Waals surface area contributed by atoms with E-state index >= 15 is 0 Å². The van der Waals surface area contributed by atoms with E-state index in [1.807, 2.05) is 52.1 Å². The fraction of sp³-hybridized carbons (Fsp3) is 0.207. The lowest BCUT2D eigenvalue weighted by atomic mass is 9.92. The van der Waals surface area contributed by atoms with Gasteiger partial charge in [-0.1, -0.05) is 20.8 Å². The summed E-state index contributed by atoms with van der Waals surface area (Å²) in [6.45, 7) is 6.10.